The fourth-order valence-corrected chi connectivity index (χ4v) is 3.21. The van der Waals surface area contributed by atoms with Crippen LogP contribution < -0.4 is 15.8 Å². The van der Waals surface area contributed by atoms with Gasteiger partial charge in [0.1, 0.15) is 16.9 Å². The predicted octanol–water partition coefficient (Wildman–Crippen LogP) is 3.23. The third-order valence-corrected chi connectivity index (χ3v) is 4.84. The Morgan fingerprint density at radius 2 is 1.88 bits per heavy atom. The van der Waals surface area contributed by atoms with Crippen molar-refractivity contribution in [3.05, 3.63) is 51.7 Å². The van der Waals surface area contributed by atoms with Crippen LogP contribution in [0.4, 0.5) is 15.8 Å². The van der Waals surface area contributed by atoms with E-state index in [2.05, 4.69) is 10.4 Å². The summed E-state index contributed by atoms with van der Waals surface area (Å²) in [6.45, 7) is 3.24. The van der Waals surface area contributed by atoms with Crippen LogP contribution in [-0.2, 0) is 4.79 Å². The van der Waals surface area contributed by atoms with Crippen molar-refractivity contribution in [3.8, 4) is 0 Å². The van der Waals surface area contributed by atoms with Crippen LogP contribution in [0.3, 0.4) is 0 Å². The Labute approximate surface area is 155 Å². The number of benzene rings is 1. The highest BCUT2D eigenvalue weighted by Gasteiger charge is 2.22. The summed E-state index contributed by atoms with van der Waals surface area (Å²) in [6.07, 6.45) is 4.81. The first-order valence-electron chi connectivity index (χ1n) is 8.56. The van der Waals surface area contributed by atoms with Crippen LogP contribution in [0.15, 0.2) is 35.3 Å². The normalized spacial score (nSPS) is 15.6. The molecule has 1 aliphatic heterocycles. The molecule has 1 saturated heterocycles. The molecule has 8 heteroatoms. The molecule has 0 aliphatic carbocycles. The molecule has 1 amide bonds. The van der Waals surface area contributed by atoms with Gasteiger partial charge >= 0.3 is 0 Å². The molecule has 1 aromatic carbocycles. The summed E-state index contributed by atoms with van der Waals surface area (Å²) < 4.78 is 14.0. The minimum absolute atomic E-state index is 0.0725. The average Bonchev–Trinajstić information content (AvgIpc) is 2.66. The molecule has 6 nitrogen and oxygen atoms in total. The molecular formula is C18H20ClFN4O2. The summed E-state index contributed by atoms with van der Waals surface area (Å²) in [7, 11) is 0. The lowest BCUT2D eigenvalue weighted by Gasteiger charge is -2.29. The van der Waals surface area contributed by atoms with Crippen molar-refractivity contribution in [1.82, 2.24) is 9.78 Å². The van der Waals surface area contributed by atoms with E-state index in [0.29, 0.717) is 11.4 Å². The molecule has 26 heavy (non-hydrogen) atoms. The molecule has 1 aliphatic rings. The molecule has 2 aromatic rings. The average molecular weight is 379 g/mol. The molecule has 0 bridgehead atoms. The monoisotopic (exact) mass is 378 g/mol. The maximum Gasteiger partial charge on any atom is 0.288 e. The molecule has 1 unspecified atom stereocenters. The quantitative estimate of drug-likeness (QED) is 0.887. The largest absolute Gasteiger partial charge is 0.369 e. The zero-order valence-corrected chi connectivity index (χ0v) is 15.2. The number of rotatable bonds is 4. The predicted molar refractivity (Wildman–Crippen MR) is 99.3 cm³/mol. The molecule has 2 heterocycles. The van der Waals surface area contributed by atoms with E-state index in [1.54, 1.807) is 6.92 Å². The van der Waals surface area contributed by atoms with Crippen molar-refractivity contribution in [2.75, 3.05) is 23.3 Å². The minimum Gasteiger partial charge on any atom is -0.369 e. The minimum atomic E-state index is -0.861. The number of piperidine rings is 1. The molecule has 0 saturated carbocycles. The molecule has 138 valence electrons. The zero-order chi connectivity index (χ0) is 18.7. The fourth-order valence-electron chi connectivity index (χ4n) is 2.96. The van der Waals surface area contributed by atoms with Crippen molar-refractivity contribution in [2.24, 2.45) is 0 Å². The molecule has 1 N–H and O–H groups in total. The lowest BCUT2D eigenvalue weighted by Crippen LogP contribution is -2.36. The van der Waals surface area contributed by atoms with Gasteiger partial charge in [0.2, 0.25) is 5.91 Å². The number of carbonyl (C=O) groups excluding carboxylic acids is 1. The van der Waals surface area contributed by atoms with Crippen molar-refractivity contribution in [1.29, 1.82) is 0 Å². The first-order valence-corrected chi connectivity index (χ1v) is 8.94. The summed E-state index contributed by atoms with van der Waals surface area (Å²) >= 11 is 6.27. The third-order valence-electron chi connectivity index (χ3n) is 4.48. The summed E-state index contributed by atoms with van der Waals surface area (Å²) in [5.41, 5.74) is 0.544. The Morgan fingerprint density at radius 1 is 1.23 bits per heavy atom. The van der Waals surface area contributed by atoms with Gasteiger partial charge in [-0.3, -0.25) is 9.59 Å². The van der Waals surface area contributed by atoms with E-state index >= 15 is 0 Å². The second kappa shape index (κ2) is 7.86. The van der Waals surface area contributed by atoms with Crippen molar-refractivity contribution in [3.63, 3.8) is 0 Å². The Hall–Kier alpha value is -2.41. The van der Waals surface area contributed by atoms with Crippen LogP contribution in [0.5, 0.6) is 0 Å². The van der Waals surface area contributed by atoms with E-state index in [9.17, 15) is 14.0 Å². The molecule has 1 aromatic heterocycles. The van der Waals surface area contributed by atoms with Crippen LogP contribution in [0.1, 0.15) is 32.2 Å². The van der Waals surface area contributed by atoms with Crippen molar-refractivity contribution in [2.45, 2.75) is 32.2 Å². The van der Waals surface area contributed by atoms with Gasteiger partial charge in [-0.2, -0.15) is 5.10 Å². The SMILES string of the molecule is CC(C(=O)Nc1ccc(F)cc1)n1ncc(N2CCCCC2)c(Cl)c1=O. The lowest BCUT2D eigenvalue weighted by molar-refractivity contribution is -0.119. The second-order valence-electron chi connectivity index (χ2n) is 6.31. The zero-order valence-electron chi connectivity index (χ0n) is 14.4. The Kier molecular flexibility index (Phi) is 5.56. The van der Waals surface area contributed by atoms with Gasteiger partial charge in [0.05, 0.1) is 11.9 Å². The maximum atomic E-state index is 12.9. The van der Waals surface area contributed by atoms with E-state index in [1.807, 2.05) is 4.90 Å². The maximum absolute atomic E-state index is 12.9. The molecule has 3 rings (SSSR count). The van der Waals surface area contributed by atoms with Crippen LogP contribution in [0.25, 0.3) is 0 Å². The van der Waals surface area contributed by atoms with Crippen LogP contribution in [-0.4, -0.2) is 28.8 Å². The van der Waals surface area contributed by atoms with Gasteiger partial charge in [-0.05, 0) is 50.5 Å². The smallest absolute Gasteiger partial charge is 0.288 e. The number of halogens is 2. The Balaban J connectivity index is 1.79. The third kappa shape index (κ3) is 3.88. The van der Waals surface area contributed by atoms with E-state index in [4.69, 9.17) is 11.6 Å². The highest BCUT2D eigenvalue weighted by Crippen LogP contribution is 2.25. The molecule has 0 radical (unpaired) electrons. The summed E-state index contributed by atoms with van der Waals surface area (Å²) in [6, 6.07) is 4.52. The van der Waals surface area contributed by atoms with Crippen LogP contribution in [0, 0.1) is 5.82 Å². The molecule has 1 atom stereocenters. The van der Waals surface area contributed by atoms with E-state index in [1.165, 1.54) is 36.9 Å². The number of nitrogens with one attached hydrogen (secondary N) is 1. The lowest BCUT2D eigenvalue weighted by atomic mass is 10.1. The summed E-state index contributed by atoms with van der Waals surface area (Å²) in [4.78, 5) is 27.0. The van der Waals surface area contributed by atoms with Crippen LogP contribution >= 0.6 is 11.6 Å². The van der Waals surface area contributed by atoms with Gasteiger partial charge < -0.3 is 10.2 Å². The number of carbonyl (C=O) groups is 1. The number of anilines is 2. The Morgan fingerprint density at radius 3 is 2.54 bits per heavy atom. The topological polar surface area (TPSA) is 67.2 Å². The number of aromatic nitrogens is 2. The van der Waals surface area contributed by atoms with E-state index in [0.717, 1.165) is 30.6 Å². The summed E-state index contributed by atoms with van der Waals surface area (Å²) in [5.74, 6) is -0.831. The van der Waals surface area contributed by atoms with Gasteiger partial charge in [0, 0.05) is 18.8 Å². The standard InChI is InChI=1S/C18H20ClFN4O2/c1-12(17(25)22-14-7-5-13(20)6-8-14)24-18(26)16(19)15(11-21-24)23-9-3-2-4-10-23/h5-8,11-12H,2-4,9-10H2,1H3,(H,22,25). The Bertz CT molecular complexity index is 847. The molecular weight excluding hydrogens is 359 g/mol. The highest BCUT2D eigenvalue weighted by molar-refractivity contribution is 6.33. The second-order valence-corrected chi connectivity index (χ2v) is 6.69. The number of nitrogens with zero attached hydrogens (tertiary/aromatic N) is 3. The van der Waals surface area contributed by atoms with E-state index in [-0.39, 0.29) is 5.02 Å². The number of hydrogen-bond acceptors (Lipinski definition) is 4. The van der Waals surface area contributed by atoms with Gasteiger partial charge in [-0.15, -0.1) is 0 Å². The summed E-state index contributed by atoms with van der Waals surface area (Å²) in [5, 5.41) is 6.85. The van der Waals surface area contributed by atoms with E-state index < -0.39 is 23.3 Å². The van der Waals surface area contributed by atoms with Crippen molar-refractivity contribution >= 4 is 28.9 Å². The van der Waals surface area contributed by atoms with Gasteiger partial charge in [0.15, 0.2) is 0 Å². The number of amides is 1. The molecule has 0 spiro atoms. The highest BCUT2D eigenvalue weighted by atomic mass is 35.5. The first kappa shape index (κ1) is 18.4. The van der Waals surface area contributed by atoms with Gasteiger partial charge in [-0.25, -0.2) is 9.07 Å². The number of hydrogen-bond donors (Lipinski definition) is 1. The molecule has 1 fully saturated rings. The first-order chi connectivity index (χ1) is 12.5. The van der Waals surface area contributed by atoms with Crippen molar-refractivity contribution < 1.29 is 9.18 Å². The van der Waals surface area contributed by atoms with Crippen LogP contribution in [0.2, 0.25) is 5.02 Å². The van der Waals surface area contributed by atoms with Gasteiger partial charge in [-0.1, -0.05) is 11.6 Å². The van der Waals surface area contributed by atoms with Gasteiger partial charge in [0.25, 0.3) is 5.56 Å². The fraction of sp³-hybridized carbons (Fsp3) is 0.389.